The summed E-state index contributed by atoms with van der Waals surface area (Å²) in [6.07, 6.45) is 2.74. The highest BCUT2D eigenvalue weighted by Gasteiger charge is 2.26. The van der Waals surface area contributed by atoms with Crippen molar-refractivity contribution in [1.29, 1.82) is 0 Å². The van der Waals surface area contributed by atoms with Crippen LogP contribution in [0.1, 0.15) is 13.3 Å². The number of aromatic nitrogens is 1. The predicted octanol–water partition coefficient (Wildman–Crippen LogP) is 1.17. The van der Waals surface area contributed by atoms with Crippen LogP contribution in [0.3, 0.4) is 0 Å². The van der Waals surface area contributed by atoms with Crippen LogP contribution in [0.2, 0.25) is 0 Å². The average molecular weight is 178 g/mol. The first kappa shape index (κ1) is 8.35. The molecule has 0 N–H and O–H groups in total. The van der Waals surface area contributed by atoms with Crippen molar-refractivity contribution in [2.45, 2.75) is 13.3 Å². The Balaban J connectivity index is 2.21. The molecule has 13 heavy (non-hydrogen) atoms. The van der Waals surface area contributed by atoms with Crippen molar-refractivity contribution in [3.8, 4) is 0 Å². The van der Waals surface area contributed by atoms with Crippen molar-refractivity contribution < 1.29 is 4.73 Å². The van der Waals surface area contributed by atoms with Crippen molar-refractivity contribution >= 4 is 5.82 Å². The summed E-state index contributed by atoms with van der Waals surface area (Å²) in [5.41, 5.74) is 0. The predicted molar refractivity (Wildman–Crippen MR) is 51.4 cm³/mol. The second-order valence-corrected chi connectivity index (χ2v) is 3.72. The minimum atomic E-state index is 0.709. The molecular formula is C10H14N2O. The number of anilines is 1. The summed E-state index contributed by atoms with van der Waals surface area (Å²) >= 11 is 0. The summed E-state index contributed by atoms with van der Waals surface area (Å²) in [6.45, 7) is 4.23. The maximum Gasteiger partial charge on any atom is 0.279 e. The van der Waals surface area contributed by atoms with Crippen molar-refractivity contribution in [1.82, 2.24) is 0 Å². The molecule has 1 aliphatic heterocycles. The van der Waals surface area contributed by atoms with Gasteiger partial charge in [0, 0.05) is 6.07 Å². The van der Waals surface area contributed by atoms with E-state index >= 15 is 0 Å². The van der Waals surface area contributed by atoms with E-state index in [1.807, 2.05) is 12.1 Å². The van der Waals surface area contributed by atoms with Gasteiger partial charge in [0.2, 0.25) is 0 Å². The molecule has 0 aromatic carbocycles. The quantitative estimate of drug-likeness (QED) is 0.477. The number of hydrogen-bond acceptors (Lipinski definition) is 2. The Morgan fingerprint density at radius 3 is 3.00 bits per heavy atom. The van der Waals surface area contributed by atoms with Crippen LogP contribution in [0.15, 0.2) is 24.4 Å². The van der Waals surface area contributed by atoms with E-state index in [9.17, 15) is 5.21 Å². The first-order valence-corrected chi connectivity index (χ1v) is 4.70. The molecule has 3 nitrogen and oxygen atoms in total. The largest absolute Gasteiger partial charge is 0.711 e. The van der Waals surface area contributed by atoms with Gasteiger partial charge in [-0.1, -0.05) is 13.0 Å². The van der Waals surface area contributed by atoms with E-state index in [-0.39, 0.29) is 0 Å². The van der Waals surface area contributed by atoms with Crippen LogP contribution in [-0.4, -0.2) is 13.1 Å². The standard InChI is InChI=1S/C10H14N2O/c1-9-5-7-11(8-9)10-4-2-3-6-12(10)13/h2-4,6,9H,5,7-8H2,1H3/t9-/m0/s1. The summed E-state index contributed by atoms with van der Waals surface area (Å²) in [5.74, 6) is 1.49. The monoisotopic (exact) mass is 178 g/mol. The number of rotatable bonds is 1. The molecule has 0 spiro atoms. The lowest BCUT2D eigenvalue weighted by Crippen LogP contribution is -2.36. The maximum absolute atomic E-state index is 11.4. The number of hydrogen-bond donors (Lipinski definition) is 0. The second kappa shape index (κ2) is 3.24. The van der Waals surface area contributed by atoms with E-state index in [2.05, 4.69) is 11.8 Å². The van der Waals surface area contributed by atoms with Crippen LogP contribution < -0.4 is 9.63 Å². The highest BCUT2D eigenvalue weighted by atomic mass is 16.5. The first-order valence-electron chi connectivity index (χ1n) is 4.70. The smallest absolute Gasteiger partial charge is 0.279 e. The number of pyridine rings is 1. The Bertz CT molecular complexity index is 301. The maximum atomic E-state index is 11.4. The Morgan fingerprint density at radius 2 is 2.38 bits per heavy atom. The highest BCUT2D eigenvalue weighted by molar-refractivity contribution is 5.34. The second-order valence-electron chi connectivity index (χ2n) is 3.72. The third-order valence-corrected chi connectivity index (χ3v) is 2.55. The van der Waals surface area contributed by atoms with Crippen LogP contribution in [0.4, 0.5) is 5.82 Å². The zero-order valence-corrected chi connectivity index (χ0v) is 7.81. The van der Waals surface area contributed by atoms with Crippen LogP contribution in [-0.2, 0) is 0 Å². The molecule has 2 heterocycles. The molecule has 0 radical (unpaired) electrons. The Kier molecular flexibility index (Phi) is 2.08. The molecule has 1 saturated heterocycles. The average Bonchev–Trinajstić information content (AvgIpc) is 2.53. The van der Waals surface area contributed by atoms with E-state index < -0.39 is 0 Å². The van der Waals surface area contributed by atoms with Crippen LogP contribution in [0, 0.1) is 11.1 Å². The van der Waals surface area contributed by atoms with Crippen molar-refractivity contribution in [3.05, 3.63) is 29.6 Å². The Hall–Kier alpha value is -1.25. The molecule has 1 aliphatic rings. The third kappa shape index (κ3) is 1.59. The van der Waals surface area contributed by atoms with Crippen LogP contribution in [0.25, 0.3) is 0 Å². The van der Waals surface area contributed by atoms with E-state index in [0.29, 0.717) is 5.92 Å². The topological polar surface area (TPSA) is 30.2 Å². The van der Waals surface area contributed by atoms with E-state index in [4.69, 9.17) is 0 Å². The van der Waals surface area contributed by atoms with Crippen LogP contribution >= 0.6 is 0 Å². The zero-order chi connectivity index (χ0) is 9.26. The lowest BCUT2D eigenvalue weighted by atomic mass is 10.2. The van der Waals surface area contributed by atoms with Gasteiger partial charge in [-0.05, 0) is 18.4 Å². The summed E-state index contributed by atoms with van der Waals surface area (Å²) in [7, 11) is 0. The van der Waals surface area contributed by atoms with E-state index in [0.717, 1.165) is 23.6 Å². The van der Waals surface area contributed by atoms with Gasteiger partial charge in [-0.25, -0.2) is 4.73 Å². The fourth-order valence-electron chi connectivity index (χ4n) is 1.81. The highest BCUT2D eigenvalue weighted by Crippen LogP contribution is 2.19. The summed E-state index contributed by atoms with van der Waals surface area (Å²) in [5, 5.41) is 11.4. The SMILES string of the molecule is C[C@H]1CCN(c2cccc[n+]2[O-])C1. The molecule has 0 amide bonds. The molecule has 0 unspecified atom stereocenters. The lowest BCUT2D eigenvalue weighted by molar-refractivity contribution is -0.592. The van der Waals surface area contributed by atoms with E-state index in [1.165, 1.54) is 6.42 Å². The minimum Gasteiger partial charge on any atom is -0.711 e. The number of nitrogens with zero attached hydrogens (tertiary/aromatic N) is 2. The van der Waals surface area contributed by atoms with Gasteiger partial charge < -0.3 is 5.21 Å². The molecular weight excluding hydrogens is 164 g/mol. The van der Waals surface area contributed by atoms with Crippen LogP contribution in [0.5, 0.6) is 0 Å². The van der Waals surface area contributed by atoms with Crippen molar-refractivity contribution in [3.63, 3.8) is 0 Å². The first-order chi connectivity index (χ1) is 6.27. The molecule has 0 bridgehead atoms. The molecule has 2 rings (SSSR count). The lowest BCUT2D eigenvalue weighted by Gasteiger charge is -2.15. The molecule has 1 aromatic rings. The Labute approximate surface area is 78.2 Å². The molecule has 3 heteroatoms. The molecule has 0 saturated carbocycles. The van der Waals surface area contributed by atoms with Gasteiger partial charge in [-0.15, -0.1) is 0 Å². The molecule has 1 fully saturated rings. The third-order valence-electron chi connectivity index (χ3n) is 2.55. The fourth-order valence-corrected chi connectivity index (χ4v) is 1.81. The van der Waals surface area contributed by atoms with Gasteiger partial charge in [0.05, 0.1) is 19.3 Å². The van der Waals surface area contributed by atoms with Gasteiger partial charge >= 0.3 is 0 Å². The summed E-state index contributed by atoms with van der Waals surface area (Å²) in [6, 6.07) is 5.55. The van der Waals surface area contributed by atoms with Gasteiger partial charge in [0.15, 0.2) is 0 Å². The van der Waals surface area contributed by atoms with Gasteiger partial charge in [-0.3, -0.25) is 4.90 Å². The van der Waals surface area contributed by atoms with Gasteiger partial charge in [-0.2, -0.15) is 0 Å². The summed E-state index contributed by atoms with van der Waals surface area (Å²) < 4.78 is 0.942. The minimum absolute atomic E-state index is 0.709. The molecule has 1 aromatic heterocycles. The normalized spacial score (nSPS) is 22.2. The van der Waals surface area contributed by atoms with Gasteiger partial charge in [0.1, 0.15) is 0 Å². The molecule has 70 valence electrons. The van der Waals surface area contributed by atoms with Gasteiger partial charge in [0.25, 0.3) is 5.82 Å². The van der Waals surface area contributed by atoms with E-state index in [1.54, 1.807) is 12.3 Å². The van der Waals surface area contributed by atoms with Crippen molar-refractivity contribution in [2.75, 3.05) is 18.0 Å². The van der Waals surface area contributed by atoms with Crippen molar-refractivity contribution in [2.24, 2.45) is 5.92 Å². The summed E-state index contributed by atoms with van der Waals surface area (Å²) in [4.78, 5) is 2.15. The zero-order valence-electron chi connectivity index (χ0n) is 7.81. The molecule has 0 aliphatic carbocycles. The molecule has 1 atom stereocenters. The Morgan fingerprint density at radius 1 is 1.54 bits per heavy atom. The fraction of sp³-hybridized carbons (Fsp3) is 0.500.